The number of anilines is 2. The second kappa shape index (κ2) is 4.51. The van der Waals surface area contributed by atoms with Gasteiger partial charge < -0.3 is 11.1 Å². The fraction of sp³-hybridized carbons (Fsp3) is 0. The van der Waals surface area contributed by atoms with E-state index < -0.39 is 0 Å². The van der Waals surface area contributed by atoms with E-state index in [1.54, 1.807) is 29.1 Å². The van der Waals surface area contributed by atoms with E-state index in [0.717, 1.165) is 0 Å². The first-order valence-electron chi connectivity index (χ1n) is 4.41. The maximum Gasteiger partial charge on any atom is 0.275 e. The third-order valence-corrected chi connectivity index (χ3v) is 2.75. The molecule has 0 aliphatic heterocycles. The fourth-order valence-corrected chi connectivity index (χ4v) is 1.87. The Hall–Kier alpha value is -1.59. The standard InChI is InChI=1S/C10H8ClN3OS/c11-6-1-2-8(7(12)3-6)14-10(15)9-4-16-5-13-9/h1-5H,12H2,(H,14,15). The van der Waals surface area contributed by atoms with Gasteiger partial charge in [0.1, 0.15) is 5.69 Å². The van der Waals surface area contributed by atoms with Crippen LogP contribution in [0.2, 0.25) is 5.02 Å². The summed E-state index contributed by atoms with van der Waals surface area (Å²) >= 11 is 7.11. The van der Waals surface area contributed by atoms with E-state index in [0.29, 0.717) is 22.1 Å². The predicted molar refractivity (Wildman–Crippen MR) is 65.9 cm³/mol. The van der Waals surface area contributed by atoms with Crippen LogP contribution in [-0.2, 0) is 0 Å². The van der Waals surface area contributed by atoms with Crippen molar-refractivity contribution in [2.24, 2.45) is 0 Å². The van der Waals surface area contributed by atoms with E-state index in [-0.39, 0.29) is 5.91 Å². The third kappa shape index (κ3) is 2.32. The van der Waals surface area contributed by atoms with Gasteiger partial charge in [0.05, 0.1) is 16.9 Å². The first kappa shape index (κ1) is 10.9. The molecule has 1 amide bonds. The lowest BCUT2D eigenvalue weighted by Gasteiger charge is -2.06. The Labute approximate surface area is 101 Å². The summed E-state index contributed by atoms with van der Waals surface area (Å²) in [7, 11) is 0. The van der Waals surface area contributed by atoms with E-state index in [4.69, 9.17) is 17.3 Å². The molecule has 0 bridgehead atoms. The molecule has 0 aliphatic rings. The molecule has 0 atom stereocenters. The van der Waals surface area contributed by atoms with E-state index in [1.807, 2.05) is 0 Å². The first-order chi connectivity index (χ1) is 7.66. The van der Waals surface area contributed by atoms with Crippen LogP contribution in [0.5, 0.6) is 0 Å². The van der Waals surface area contributed by atoms with Gasteiger partial charge in [-0.2, -0.15) is 0 Å². The molecule has 3 N–H and O–H groups in total. The molecule has 6 heteroatoms. The molecule has 2 rings (SSSR count). The Kier molecular flexibility index (Phi) is 3.07. The Balaban J connectivity index is 2.18. The molecule has 4 nitrogen and oxygen atoms in total. The monoisotopic (exact) mass is 253 g/mol. The molecule has 2 aromatic rings. The van der Waals surface area contributed by atoms with Crippen molar-refractivity contribution in [3.8, 4) is 0 Å². The lowest BCUT2D eigenvalue weighted by molar-refractivity contribution is 0.102. The van der Waals surface area contributed by atoms with Crippen molar-refractivity contribution in [3.05, 3.63) is 39.8 Å². The zero-order valence-electron chi connectivity index (χ0n) is 8.11. The number of nitrogen functional groups attached to an aromatic ring is 1. The number of nitrogens with two attached hydrogens (primary N) is 1. The summed E-state index contributed by atoms with van der Waals surface area (Å²) in [5.41, 5.74) is 8.63. The minimum atomic E-state index is -0.282. The average molecular weight is 254 g/mol. The Morgan fingerprint density at radius 3 is 2.94 bits per heavy atom. The Bertz CT molecular complexity index is 513. The number of rotatable bonds is 2. The lowest BCUT2D eigenvalue weighted by Crippen LogP contribution is -2.13. The van der Waals surface area contributed by atoms with Crippen LogP contribution in [0.25, 0.3) is 0 Å². The molecule has 0 saturated heterocycles. The van der Waals surface area contributed by atoms with Crippen molar-refractivity contribution < 1.29 is 4.79 Å². The van der Waals surface area contributed by atoms with Crippen molar-refractivity contribution in [2.45, 2.75) is 0 Å². The largest absolute Gasteiger partial charge is 0.397 e. The number of aromatic nitrogens is 1. The van der Waals surface area contributed by atoms with Gasteiger partial charge in [0.25, 0.3) is 5.91 Å². The van der Waals surface area contributed by atoms with Crippen LogP contribution in [0.4, 0.5) is 11.4 Å². The van der Waals surface area contributed by atoms with E-state index >= 15 is 0 Å². The zero-order chi connectivity index (χ0) is 11.5. The van der Waals surface area contributed by atoms with Crippen LogP contribution < -0.4 is 11.1 Å². The highest BCUT2D eigenvalue weighted by atomic mass is 35.5. The number of hydrogen-bond donors (Lipinski definition) is 2. The van der Waals surface area contributed by atoms with E-state index in [1.165, 1.54) is 11.3 Å². The van der Waals surface area contributed by atoms with Crippen LogP contribution in [0.3, 0.4) is 0 Å². The average Bonchev–Trinajstić information content (AvgIpc) is 2.75. The summed E-state index contributed by atoms with van der Waals surface area (Å²) in [4.78, 5) is 15.6. The lowest BCUT2D eigenvalue weighted by atomic mass is 10.2. The molecule has 0 spiro atoms. The SMILES string of the molecule is Nc1cc(Cl)ccc1NC(=O)c1cscn1. The van der Waals surface area contributed by atoms with Gasteiger partial charge in [-0.15, -0.1) is 11.3 Å². The molecular weight excluding hydrogens is 246 g/mol. The highest BCUT2D eigenvalue weighted by molar-refractivity contribution is 7.07. The number of carbonyl (C=O) groups excluding carboxylic acids is 1. The van der Waals surface area contributed by atoms with Crippen LogP contribution in [0.15, 0.2) is 29.1 Å². The first-order valence-corrected chi connectivity index (χ1v) is 5.73. The summed E-state index contributed by atoms with van der Waals surface area (Å²) in [6.07, 6.45) is 0. The molecule has 82 valence electrons. The second-order valence-corrected chi connectivity index (χ2v) is 4.21. The predicted octanol–water partition coefficient (Wildman–Crippen LogP) is 2.63. The van der Waals surface area contributed by atoms with Gasteiger partial charge in [0, 0.05) is 10.4 Å². The normalized spacial score (nSPS) is 10.1. The van der Waals surface area contributed by atoms with Gasteiger partial charge >= 0.3 is 0 Å². The third-order valence-electron chi connectivity index (χ3n) is 1.93. The molecule has 0 saturated carbocycles. The molecule has 1 aromatic heterocycles. The van der Waals surface area contributed by atoms with E-state index in [2.05, 4.69) is 10.3 Å². The van der Waals surface area contributed by atoms with Crippen molar-refractivity contribution in [2.75, 3.05) is 11.1 Å². The fourth-order valence-electron chi connectivity index (χ4n) is 1.16. The topological polar surface area (TPSA) is 68.0 Å². The molecule has 1 heterocycles. The number of carbonyl (C=O) groups is 1. The maximum atomic E-state index is 11.7. The van der Waals surface area contributed by atoms with Gasteiger partial charge in [-0.05, 0) is 18.2 Å². The second-order valence-electron chi connectivity index (χ2n) is 3.06. The van der Waals surface area contributed by atoms with Crippen LogP contribution >= 0.6 is 22.9 Å². The molecule has 0 aliphatic carbocycles. The number of amides is 1. The highest BCUT2D eigenvalue weighted by Gasteiger charge is 2.09. The minimum Gasteiger partial charge on any atom is -0.397 e. The summed E-state index contributed by atoms with van der Waals surface area (Å²) < 4.78 is 0. The number of thiazole rings is 1. The number of halogens is 1. The number of hydrogen-bond acceptors (Lipinski definition) is 4. The maximum absolute atomic E-state index is 11.7. The molecule has 1 aromatic carbocycles. The Morgan fingerprint density at radius 1 is 1.50 bits per heavy atom. The van der Waals surface area contributed by atoms with Gasteiger partial charge in [0.2, 0.25) is 0 Å². The van der Waals surface area contributed by atoms with Crippen molar-refractivity contribution >= 4 is 40.2 Å². The highest BCUT2D eigenvalue weighted by Crippen LogP contribution is 2.23. The Morgan fingerprint density at radius 2 is 2.31 bits per heavy atom. The zero-order valence-corrected chi connectivity index (χ0v) is 9.68. The molecule has 0 fully saturated rings. The van der Waals surface area contributed by atoms with Crippen LogP contribution in [0, 0.1) is 0 Å². The number of nitrogens with zero attached hydrogens (tertiary/aromatic N) is 1. The minimum absolute atomic E-state index is 0.282. The summed E-state index contributed by atoms with van der Waals surface area (Å²) in [5, 5.41) is 4.86. The summed E-state index contributed by atoms with van der Waals surface area (Å²) in [5.74, 6) is -0.282. The van der Waals surface area contributed by atoms with Gasteiger partial charge in [-0.1, -0.05) is 11.6 Å². The molecule has 0 radical (unpaired) electrons. The van der Waals surface area contributed by atoms with Crippen LogP contribution in [0.1, 0.15) is 10.5 Å². The molecular formula is C10H8ClN3OS. The number of benzene rings is 1. The van der Waals surface area contributed by atoms with Gasteiger partial charge in [0.15, 0.2) is 0 Å². The molecule has 0 unspecified atom stereocenters. The van der Waals surface area contributed by atoms with Crippen molar-refractivity contribution in [1.29, 1.82) is 0 Å². The van der Waals surface area contributed by atoms with Crippen LogP contribution in [-0.4, -0.2) is 10.9 Å². The van der Waals surface area contributed by atoms with Gasteiger partial charge in [-0.25, -0.2) is 4.98 Å². The van der Waals surface area contributed by atoms with Gasteiger partial charge in [-0.3, -0.25) is 4.79 Å². The summed E-state index contributed by atoms with van der Waals surface area (Å²) in [6.45, 7) is 0. The van der Waals surface area contributed by atoms with E-state index in [9.17, 15) is 4.79 Å². The summed E-state index contributed by atoms with van der Waals surface area (Å²) in [6, 6.07) is 4.90. The van der Waals surface area contributed by atoms with Crippen molar-refractivity contribution in [1.82, 2.24) is 4.98 Å². The molecule has 16 heavy (non-hydrogen) atoms. The smallest absolute Gasteiger partial charge is 0.275 e. The van der Waals surface area contributed by atoms with Crippen molar-refractivity contribution in [3.63, 3.8) is 0 Å². The number of nitrogens with one attached hydrogen (secondary N) is 1. The quantitative estimate of drug-likeness (QED) is 0.809.